The Kier molecular flexibility index (Phi) is 4.74. The van der Waals surface area contributed by atoms with E-state index >= 15 is 0 Å². The fraction of sp³-hybridized carbons (Fsp3) is 0.385. The predicted octanol–water partition coefficient (Wildman–Crippen LogP) is 2.32. The Morgan fingerprint density at radius 2 is 2.32 bits per heavy atom. The zero-order chi connectivity index (χ0) is 15.4. The standard InChI is InChI=1S/C13H16N6OS2/c1-18(2)12-15-11(20-17-12)8-22-13-16-14-9-19(13)6-5-10-4-3-7-21-10/h3-4,7,9H,5-6,8H2,1-2H3. The first kappa shape index (κ1) is 15.0. The van der Waals surface area contributed by atoms with E-state index in [9.17, 15) is 0 Å². The molecule has 3 aromatic rings. The average Bonchev–Trinajstić information content (AvgIpc) is 3.24. The van der Waals surface area contributed by atoms with Crippen LogP contribution in [0.2, 0.25) is 0 Å². The van der Waals surface area contributed by atoms with Gasteiger partial charge in [-0.1, -0.05) is 17.8 Å². The van der Waals surface area contributed by atoms with Gasteiger partial charge in [0.25, 0.3) is 5.95 Å². The summed E-state index contributed by atoms with van der Waals surface area (Å²) in [5.41, 5.74) is 0. The Morgan fingerprint density at radius 3 is 3.05 bits per heavy atom. The molecule has 0 N–H and O–H groups in total. The molecular weight excluding hydrogens is 320 g/mol. The van der Waals surface area contributed by atoms with Crippen molar-refractivity contribution in [2.24, 2.45) is 0 Å². The lowest BCUT2D eigenvalue weighted by molar-refractivity contribution is 0.390. The van der Waals surface area contributed by atoms with E-state index in [2.05, 4.69) is 37.9 Å². The average molecular weight is 336 g/mol. The number of rotatable bonds is 7. The molecule has 0 saturated carbocycles. The number of aryl methyl sites for hydroxylation is 2. The molecule has 0 amide bonds. The summed E-state index contributed by atoms with van der Waals surface area (Å²) in [7, 11) is 3.76. The van der Waals surface area contributed by atoms with Gasteiger partial charge in [0, 0.05) is 25.5 Å². The molecule has 116 valence electrons. The maximum absolute atomic E-state index is 5.20. The van der Waals surface area contributed by atoms with Gasteiger partial charge in [0.1, 0.15) is 6.33 Å². The Hall–Kier alpha value is -1.87. The normalized spacial score (nSPS) is 11.0. The van der Waals surface area contributed by atoms with Crippen LogP contribution in [0.5, 0.6) is 0 Å². The summed E-state index contributed by atoms with van der Waals surface area (Å²) < 4.78 is 7.25. The van der Waals surface area contributed by atoms with Gasteiger partial charge >= 0.3 is 0 Å². The molecule has 0 bridgehead atoms. The molecular formula is C13H16N6OS2. The maximum atomic E-state index is 5.20. The smallest absolute Gasteiger partial charge is 0.265 e. The van der Waals surface area contributed by atoms with Gasteiger partial charge in [-0.3, -0.25) is 0 Å². The molecule has 7 nitrogen and oxygen atoms in total. The summed E-state index contributed by atoms with van der Waals surface area (Å²) in [6.45, 7) is 0.864. The van der Waals surface area contributed by atoms with Crippen LogP contribution in [0, 0.1) is 0 Å². The molecule has 22 heavy (non-hydrogen) atoms. The fourth-order valence-electron chi connectivity index (χ4n) is 1.81. The highest BCUT2D eigenvalue weighted by Gasteiger charge is 2.11. The first-order valence-electron chi connectivity index (χ1n) is 6.75. The van der Waals surface area contributed by atoms with E-state index in [1.54, 1.807) is 34.3 Å². The third-order valence-corrected chi connectivity index (χ3v) is 4.84. The van der Waals surface area contributed by atoms with Crippen LogP contribution >= 0.6 is 23.1 Å². The van der Waals surface area contributed by atoms with E-state index in [0.29, 0.717) is 17.6 Å². The van der Waals surface area contributed by atoms with Crippen molar-refractivity contribution in [2.75, 3.05) is 19.0 Å². The van der Waals surface area contributed by atoms with Crippen LogP contribution in [0.15, 0.2) is 33.5 Å². The van der Waals surface area contributed by atoms with E-state index in [-0.39, 0.29) is 0 Å². The third-order valence-electron chi connectivity index (χ3n) is 2.94. The number of anilines is 1. The second kappa shape index (κ2) is 6.93. The van der Waals surface area contributed by atoms with E-state index in [1.807, 2.05) is 18.7 Å². The van der Waals surface area contributed by atoms with Crippen LogP contribution < -0.4 is 4.90 Å². The number of nitrogens with zero attached hydrogens (tertiary/aromatic N) is 6. The Morgan fingerprint density at radius 1 is 1.41 bits per heavy atom. The fourth-order valence-corrected chi connectivity index (χ4v) is 3.28. The zero-order valence-corrected chi connectivity index (χ0v) is 14.0. The molecule has 0 radical (unpaired) electrons. The molecule has 0 aliphatic carbocycles. The number of thiophene rings is 1. The number of hydrogen-bond donors (Lipinski definition) is 0. The molecule has 0 spiro atoms. The lowest BCUT2D eigenvalue weighted by Crippen LogP contribution is -2.10. The van der Waals surface area contributed by atoms with Crippen molar-refractivity contribution >= 4 is 29.0 Å². The van der Waals surface area contributed by atoms with E-state index in [1.165, 1.54) is 4.88 Å². The van der Waals surface area contributed by atoms with Crippen LogP contribution in [-0.2, 0) is 18.7 Å². The summed E-state index contributed by atoms with van der Waals surface area (Å²) in [4.78, 5) is 7.46. The Bertz CT molecular complexity index is 706. The lowest BCUT2D eigenvalue weighted by atomic mass is 10.3. The van der Waals surface area contributed by atoms with Crippen molar-refractivity contribution in [2.45, 2.75) is 23.9 Å². The van der Waals surface area contributed by atoms with Gasteiger partial charge in [-0.25, -0.2) is 0 Å². The van der Waals surface area contributed by atoms with Crippen molar-refractivity contribution in [1.82, 2.24) is 24.9 Å². The van der Waals surface area contributed by atoms with Gasteiger partial charge in [-0.2, -0.15) is 4.98 Å². The van der Waals surface area contributed by atoms with Gasteiger partial charge in [0.05, 0.1) is 5.75 Å². The lowest BCUT2D eigenvalue weighted by Gasteiger charge is -2.04. The van der Waals surface area contributed by atoms with Gasteiger partial charge in [-0.05, 0) is 23.0 Å². The summed E-state index contributed by atoms with van der Waals surface area (Å²) >= 11 is 3.31. The van der Waals surface area contributed by atoms with E-state index in [4.69, 9.17) is 4.52 Å². The Labute approximate surface area is 136 Å². The van der Waals surface area contributed by atoms with Gasteiger partial charge in [-0.15, -0.1) is 21.5 Å². The van der Waals surface area contributed by atoms with Crippen molar-refractivity contribution in [3.8, 4) is 0 Å². The molecule has 0 unspecified atom stereocenters. The second-order valence-corrected chi connectivity index (χ2v) is 6.78. The van der Waals surface area contributed by atoms with Gasteiger partial charge in [0.15, 0.2) is 5.16 Å². The minimum Gasteiger partial charge on any atom is -0.344 e. The van der Waals surface area contributed by atoms with Crippen molar-refractivity contribution < 1.29 is 4.52 Å². The topological polar surface area (TPSA) is 72.9 Å². The Balaban J connectivity index is 1.57. The third kappa shape index (κ3) is 3.66. The van der Waals surface area contributed by atoms with Crippen LogP contribution in [0.1, 0.15) is 10.8 Å². The van der Waals surface area contributed by atoms with Crippen LogP contribution in [-0.4, -0.2) is 39.0 Å². The molecule has 0 aliphatic heterocycles. The van der Waals surface area contributed by atoms with Crippen molar-refractivity contribution in [1.29, 1.82) is 0 Å². The SMILES string of the molecule is CN(C)c1noc(CSc2nncn2CCc2cccs2)n1. The highest BCUT2D eigenvalue weighted by atomic mass is 32.2. The molecule has 0 aliphatic rings. The number of thioether (sulfide) groups is 1. The van der Waals surface area contributed by atoms with Gasteiger partial charge in [0.2, 0.25) is 5.89 Å². The zero-order valence-electron chi connectivity index (χ0n) is 12.3. The van der Waals surface area contributed by atoms with Gasteiger partial charge < -0.3 is 14.0 Å². The minimum absolute atomic E-state index is 0.578. The predicted molar refractivity (Wildman–Crippen MR) is 86.2 cm³/mol. The quantitative estimate of drug-likeness (QED) is 0.613. The molecule has 0 atom stereocenters. The molecule has 3 rings (SSSR count). The highest BCUT2D eigenvalue weighted by Crippen LogP contribution is 2.21. The van der Waals surface area contributed by atoms with E-state index < -0.39 is 0 Å². The second-order valence-electron chi connectivity index (χ2n) is 4.81. The molecule has 0 aromatic carbocycles. The molecule has 0 fully saturated rings. The van der Waals surface area contributed by atoms with Crippen LogP contribution in [0.4, 0.5) is 5.95 Å². The first-order chi connectivity index (χ1) is 10.7. The molecule has 3 aromatic heterocycles. The first-order valence-corrected chi connectivity index (χ1v) is 8.62. The summed E-state index contributed by atoms with van der Waals surface area (Å²) in [5, 5.41) is 15.0. The van der Waals surface area contributed by atoms with Crippen molar-refractivity contribution in [3.05, 3.63) is 34.6 Å². The number of aromatic nitrogens is 5. The minimum atomic E-state index is 0.578. The van der Waals surface area contributed by atoms with E-state index in [0.717, 1.165) is 18.1 Å². The maximum Gasteiger partial charge on any atom is 0.265 e. The summed E-state index contributed by atoms with van der Waals surface area (Å²) in [6, 6.07) is 4.21. The van der Waals surface area contributed by atoms with Crippen molar-refractivity contribution in [3.63, 3.8) is 0 Å². The molecule has 0 saturated heterocycles. The largest absolute Gasteiger partial charge is 0.344 e. The summed E-state index contributed by atoms with van der Waals surface area (Å²) in [5.74, 6) is 1.75. The van der Waals surface area contributed by atoms with Crippen LogP contribution in [0.3, 0.4) is 0 Å². The molecule has 9 heteroatoms. The molecule has 3 heterocycles. The summed E-state index contributed by atoms with van der Waals surface area (Å²) in [6.07, 6.45) is 2.74. The number of hydrogen-bond acceptors (Lipinski definition) is 8. The monoisotopic (exact) mass is 336 g/mol. The highest BCUT2D eigenvalue weighted by molar-refractivity contribution is 7.98. The van der Waals surface area contributed by atoms with Crippen LogP contribution in [0.25, 0.3) is 0 Å².